The van der Waals surface area contributed by atoms with Gasteiger partial charge in [-0.15, -0.1) is 0 Å². The van der Waals surface area contributed by atoms with E-state index in [2.05, 4.69) is 26.1 Å². The van der Waals surface area contributed by atoms with Gasteiger partial charge in [0, 0.05) is 6.42 Å². The number of ether oxygens (including phenoxy) is 1. The molecule has 3 heteroatoms. The van der Waals surface area contributed by atoms with Crippen LogP contribution in [0.25, 0.3) is 0 Å². The minimum absolute atomic E-state index is 0.296. The molecule has 0 atom stereocenters. The van der Waals surface area contributed by atoms with Gasteiger partial charge in [-0.1, -0.05) is 23.7 Å². The van der Waals surface area contributed by atoms with Crippen LogP contribution in [0.2, 0.25) is 5.02 Å². The quantitative estimate of drug-likeness (QED) is 0.789. The molecule has 1 aromatic rings. The molecule has 1 aromatic carbocycles. The predicted molar refractivity (Wildman–Crippen MR) is 68.1 cm³/mol. The number of quaternary nitrogens is 1. The number of benzene rings is 1. The molecule has 0 aliphatic heterocycles. The summed E-state index contributed by atoms with van der Waals surface area (Å²) in [5, 5.41) is 3.01. The molecule has 0 bridgehead atoms. The molecule has 0 heterocycles. The van der Waals surface area contributed by atoms with Gasteiger partial charge in [-0.3, -0.25) is 0 Å². The van der Waals surface area contributed by atoms with Gasteiger partial charge in [0.05, 0.1) is 23.7 Å². The van der Waals surface area contributed by atoms with Gasteiger partial charge in [0.25, 0.3) is 0 Å². The van der Waals surface area contributed by atoms with Gasteiger partial charge >= 0.3 is 0 Å². The first kappa shape index (κ1) is 13.3. The molecule has 0 spiro atoms. The zero-order chi connectivity index (χ0) is 12.0. The Hall–Kier alpha value is -0.730. The Morgan fingerprint density at radius 2 is 1.94 bits per heavy atom. The molecule has 0 unspecified atom stereocenters. The monoisotopic (exact) mass is 242 g/mol. The van der Waals surface area contributed by atoms with Gasteiger partial charge in [0.15, 0.2) is 0 Å². The van der Waals surface area contributed by atoms with Crippen molar-refractivity contribution in [3.63, 3.8) is 0 Å². The highest BCUT2D eigenvalue weighted by Gasteiger charge is 2.11. The Labute approximate surface area is 103 Å². The molecule has 2 N–H and O–H groups in total. The van der Waals surface area contributed by atoms with Crippen molar-refractivity contribution < 1.29 is 10.1 Å². The molecule has 90 valence electrons. The van der Waals surface area contributed by atoms with E-state index in [0.717, 1.165) is 25.3 Å². The standard InChI is InChI=1S/C13H20ClNO/c1-13(2,3)15-9-6-10-16-12-8-5-4-7-11(12)14/h4-5,7-8,15H,6,9-10H2,1-3H3/p+1. The van der Waals surface area contributed by atoms with Crippen LogP contribution in [0.15, 0.2) is 24.3 Å². The lowest BCUT2D eigenvalue weighted by Crippen LogP contribution is -2.94. The second-order valence-corrected chi connectivity index (χ2v) is 5.40. The fourth-order valence-corrected chi connectivity index (χ4v) is 1.55. The normalized spacial score (nSPS) is 11.5. The fraction of sp³-hybridized carbons (Fsp3) is 0.538. The number of nitrogens with two attached hydrogens (primary N) is 1. The molecule has 0 amide bonds. The molecule has 2 nitrogen and oxygen atoms in total. The van der Waals surface area contributed by atoms with E-state index in [9.17, 15) is 0 Å². The van der Waals surface area contributed by atoms with Crippen molar-refractivity contribution in [2.75, 3.05) is 13.2 Å². The van der Waals surface area contributed by atoms with E-state index in [1.54, 1.807) is 0 Å². The van der Waals surface area contributed by atoms with Crippen LogP contribution in [-0.4, -0.2) is 18.7 Å². The maximum Gasteiger partial charge on any atom is 0.137 e. The van der Waals surface area contributed by atoms with Crippen molar-refractivity contribution in [2.45, 2.75) is 32.7 Å². The summed E-state index contributed by atoms with van der Waals surface area (Å²) in [5.74, 6) is 0.778. The summed E-state index contributed by atoms with van der Waals surface area (Å²) in [5.41, 5.74) is 0.296. The van der Waals surface area contributed by atoms with E-state index in [1.165, 1.54) is 0 Å². The van der Waals surface area contributed by atoms with Gasteiger partial charge in [-0.05, 0) is 32.9 Å². The van der Waals surface area contributed by atoms with E-state index >= 15 is 0 Å². The number of halogens is 1. The summed E-state index contributed by atoms with van der Waals surface area (Å²) in [6, 6.07) is 7.58. The lowest BCUT2D eigenvalue weighted by atomic mass is 10.1. The van der Waals surface area contributed by atoms with Crippen molar-refractivity contribution in [3.05, 3.63) is 29.3 Å². The van der Waals surface area contributed by atoms with Gasteiger partial charge < -0.3 is 10.1 Å². The third kappa shape index (κ3) is 5.38. The summed E-state index contributed by atoms with van der Waals surface area (Å²) < 4.78 is 5.60. The minimum atomic E-state index is 0.296. The highest BCUT2D eigenvalue weighted by molar-refractivity contribution is 6.32. The molecule has 0 aliphatic carbocycles. The Kier molecular flexibility index (Phi) is 5.10. The highest BCUT2D eigenvalue weighted by atomic mass is 35.5. The van der Waals surface area contributed by atoms with Crippen LogP contribution in [0.4, 0.5) is 0 Å². The van der Waals surface area contributed by atoms with E-state index in [1.807, 2.05) is 24.3 Å². The van der Waals surface area contributed by atoms with Crippen LogP contribution in [0, 0.1) is 0 Å². The number of rotatable bonds is 5. The van der Waals surface area contributed by atoms with Gasteiger partial charge in [0.1, 0.15) is 5.75 Å². The first-order valence-corrected chi connectivity index (χ1v) is 6.08. The minimum Gasteiger partial charge on any atom is -0.492 e. The van der Waals surface area contributed by atoms with E-state index in [0.29, 0.717) is 10.6 Å². The van der Waals surface area contributed by atoms with Gasteiger partial charge in [-0.25, -0.2) is 0 Å². The topological polar surface area (TPSA) is 25.8 Å². The van der Waals surface area contributed by atoms with Crippen LogP contribution >= 0.6 is 11.6 Å². The molecule has 0 aliphatic rings. The van der Waals surface area contributed by atoms with Crippen LogP contribution in [-0.2, 0) is 0 Å². The molecule has 0 radical (unpaired) electrons. The molecular weight excluding hydrogens is 222 g/mol. The number of hydrogen-bond acceptors (Lipinski definition) is 1. The van der Waals surface area contributed by atoms with Crippen molar-refractivity contribution in [1.82, 2.24) is 0 Å². The largest absolute Gasteiger partial charge is 0.492 e. The summed E-state index contributed by atoms with van der Waals surface area (Å²) in [7, 11) is 0. The summed E-state index contributed by atoms with van der Waals surface area (Å²) in [6.45, 7) is 8.43. The Morgan fingerprint density at radius 1 is 1.25 bits per heavy atom. The van der Waals surface area contributed by atoms with Gasteiger partial charge in [-0.2, -0.15) is 0 Å². The zero-order valence-electron chi connectivity index (χ0n) is 10.3. The van der Waals surface area contributed by atoms with E-state index in [4.69, 9.17) is 16.3 Å². The van der Waals surface area contributed by atoms with E-state index in [-0.39, 0.29) is 0 Å². The maximum absolute atomic E-state index is 5.98. The third-order valence-electron chi connectivity index (χ3n) is 2.20. The highest BCUT2D eigenvalue weighted by Crippen LogP contribution is 2.22. The third-order valence-corrected chi connectivity index (χ3v) is 2.51. The molecule has 16 heavy (non-hydrogen) atoms. The molecule has 1 rings (SSSR count). The van der Waals surface area contributed by atoms with Crippen LogP contribution in [0.3, 0.4) is 0 Å². The fourth-order valence-electron chi connectivity index (χ4n) is 1.36. The van der Waals surface area contributed by atoms with Crippen molar-refractivity contribution >= 4 is 11.6 Å². The summed E-state index contributed by atoms with van der Waals surface area (Å²) in [4.78, 5) is 0. The Morgan fingerprint density at radius 3 is 2.56 bits per heavy atom. The molecule has 0 fully saturated rings. The van der Waals surface area contributed by atoms with Gasteiger partial charge in [0.2, 0.25) is 0 Å². The van der Waals surface area contributed by atoms with Crippen LogP contribution < -0.4 is 10.1 Å². The lowest BCUT2D eigenvalue weighted by molar-refractivity contribution is -0.717. The molecule has 0 saturated heterocycles. The first-order valence-electron chi connectivity index (χ1n) is 5.71. The average Bonchev–Trinajstić information content (AvgIpc) is 2.18. The average molecular weight is 243 g/mol. The van der Waals surface area contributed by atoms with Crippen LogP contribution in [0.1, 0.15) is 27.2 Å². The SMILES string of the molecule is CC(C)(C)[NH2+]CCCOc1ccccc1Cl. The second kappa shape index (κ2) is 6.12. The maximum atomic E-state index is 5.98. The molecule has 0 aromatic heterocycles. The van der Waals surface area contributed by atoms with Crippen LogP contribution in [0.5, 0.6) is 5.75 Å². The zero-order valence-corrected chi connectivity index (χ0v) is 11.1. The first-order chi connectivity index (χ1) is 7.49. The predicted octanol–water partition coefficient (Wildman–Crippen LogP) is 2.47. The molecule has 0 saturated carbocycles. The number of para-hydroxylation sites is 1. The molecular formula is C13H21ClNO+. The van der Waals surface area contributed by atoms with Crippen molar-refractivity contribution in [1.29, 1.82) is 0 Å². The smallest absolute Gasteiger partial charge is 0.137 e. The Bertz CT molecular complexity index is 320. The van der Waals surface area contributed by atoms with Crippen molar-refractivity contribution in [2.24, 2.45) is 0 Å². The second-order valence-electron chi connectivity index (χ2n) is 4.99. The summed E-state index contributed by atoms with van der Waals surface area (Å²) in [6.07, 6.45) is 1.03. The Balaban J connectivity index is 2.19. The lowest BCUT2D eigenvalue weighted by Gasteiger charge is -2.16. The summed E-state index contributed by atoms with van der Waals surface area (Å²) >= 11 is 5.98. The van der Waals surface area contributed by atoms with E-state index < -0.39 is 0 Å². The number of hydrogen-bond donors (Lipinski definition) is 1. The van der Waals surface area contributed by atoms with Crippen molar-refractivity contribution in [3.8, 4) is 5.75 Å².